The molecule has 0 amide bonds. The molecule has 1 unspecified atom stereocenters. The lowest BCUT2D eigenvalue weighted by atomic mass is 10.2. The summed E-state index contributed by atoms with van der Waals surface area (Å²) in [5, 5.41) is 0.276. The molecule has 1 aliphatic rings. The summed E-state index contributed by atoms with van der Waals surface area (Å²) in [6, 6.07) is 4.41. The zero-order chi connectivity index (χ0) is 15.9. The van der Waals surface area contributed by atoms with E-state index >= 15 is 0 Å². The van der Waals surface area contributed by atoms with Crippen LogP contribution in [0.5, 0.6) is 0 Å². The Bertz CT molecular complexity index is 774. The van der Waals surface area contributed by atoms with Gasteiger partial charge in [-0.2, -0.15) is 4.98 Å². The second-order valence-corrected chi connectivity index (χ2v) is 6.12. The monoisotopic (exact) mass is 342 g/mol. The van der Waals surface area contributed by atoms with Gasteiger partial charge in [0.25, 0.3) is 0 Å². The van der Waals surface area contributed by atoms with Crippen molar-refractivity contribution in [3.05, 3.63) is 40.3 Å². The predicted molar refractivity (Wildman–Crippen MR) is 83.0 cm³/mol. The van der Waals surface area contributed by atoms with Gasteiger partial charge in [0.15, 0.2) is 11.1 Å². The molecule has 0 aliphatic carbocycles. The Balaban J connectivity index is 1.99. The fourth-order valence-electron chi connectivity index (χ4n) is 2.47. The Morgan fingerprint density at radius 3 is 2.91 bits per heavy atom. The molecular formula is C13H12ClFN4O2S. The number of hydrogen-bond acceptors (Lipinski definition) is 5. The standard InChI is InChI=1S/C13H12ClFN4O2S/c14-11-8-3-4-19(12(8)18-13(16)17-11)10-2-1-7(5-9(10)15)6-22(20)21/h1-2,5H,3-4,6H2,(H,20,21)(H2,16,17,18). The van der Waals surface area contributed by atoms with Crippen LogP contribution in [0.15, 0.2) is 18.2 Å². The van der Waals surface area contributed by atoms with Crippen molar-refractivity contribution in [2.75, 3.05) is 17.2 Å². The predicted octanol–water partition coefficient (Wildman–Crippen LogP) is 2.27. The van der Waals surface area contributed by atoms with Crippen LogP contribution in [0.1, 0.15) is 11.1 Å². The molecule has 0 radical (unpaired) electrons. The lowest BCUT2D eigenvalue weighted by molar-refractivity contribution is 0.563. The maximum absolute atomic E-state index is 14.3. The first-order valence-electron chi connectivity index (χ1n) is 6.41. The molecule has 3 N–H and O–H groups in total. The average Bonchev–Trinajstić information content (AvgIpc) is 2.82. The minimum atomic E-state index is -2.01. The Kier molecular flexibility index (Phi) is 3.98. The highest BCUT2D eigenvalue weighted by Crippen LogP contribution is 2.37. The Labute approximate surface area is 133 Å². The summed E-state index contributed by atoms with van der Waals surface area (Å²) in [5.74, 6) is -0.0864. The van der Waals surface area contributed by atoms with E-state index in [1.807, 2.05) is 0 Å². The summed E-state index contributed by atoms with van der Waals surface area (Å²) >= 11 is 4.03. The Hall–Kier alpha value is -1.77. The minimum absolute atomic E-state index is 0.0309. The Morgan fingerprint density at radius 1 is 1.45 bits per heavy atom. The van der Waals surface area contributed by atoms with Crippen molar-refractivity contribution in [1.29, 1.82) is 0 Å². The maximum atomic E-state index is 14.3. The second-order valence-electron chi connectivity index (χ2n) is 4.83. The highest BCUT2D eigenvalue weighted by Gasteiger charge is 2.27. The molecule has 0 saturated heterocycles. The van der Waals surface area contributed by atoms with E-state index in [1.165, 1.54) is 6.07 Å². The smallest absolute Gasteiger partial charge is 0.223 e. The summed E-state index contributed by atoms with van der Waals surface area (Å²) in [4.78, 5) is 9.70. The highest BCUT2D eigenvalue weighted by atomic mass is 35.5. The van der Waals surface area contributed by atoms with E-state index in [0.29, 0.717) is 30.0 Å². The van der Waals surface area contributed by atoms with Gasteiger partial charge in [-0.15, -0.1) is 0 Å². The number of rotatable bonds is 3. The van der Waals surface area contributed by atoms with Gasteiger partial charge in [0.1, 0.15) is 16.8 Å². The summed E-state index contributed by atoms with van der Waals surface area (Å²) in [6.45, 7) is 0.509. The fourth-order valence-corrected chi connectivity index (χ4v) is 3.20. The number of nitrogens with two attached hydrogens (primary N) is 1. The van der Waals surface area contributed by atoms with Crippen LogP contribution in [-0.4, -0.2) is 25.3 Å². The van der Waals surface area contributed by atoms with Crippen LogP contribution in [0.25, 0.3) is 0 Å². The highest BCUT2D eigenvalue weighted by molar-refractivity contribution is 7.78. The molecular weight excluding hydrogens is 331 g/mol. The van der Waals surface area contributed by atoms with Crippen LogP contribution in [-0.2, 0) is 23.3 Å². The summed E-state index contributed by atoms with van der Waals surface area (Å²) in [5.41, 5.74) is 7.10. The topological polar surface area (TPSA) is 92.3 Å². The molecule has 1 atom stereocenters. The SMILES string of the molecule is Nc1nc(Cl)c2c(n1)N(c1ccc(CS(=O)O)cc1F)CC2. The zero-order valence-corrected chi connectivity index (χ0v) is 12.9. The van der Waals surface area contributed by atoms with Gasteiger partial charge in [-0.05, 0) is 24.1 Å². The van der Waals surface area contributed by atoms with E-state index in [4.69, 9.17) is 21.9 Å². The van der Waals surface area contributed by atoms with E-state index in [1.54, 1.807) is 17.0 Å². The van der Waals surface area contributed by atoms with Gasteiger partial charge < -0.3 is 15.2 Å². The largest absolute Gasteiger partial charge is 0.368 e. The van der Waals surface area contributed by atoms with E-state index < -0.39 is 16.9 Å². The third-order valence-corrected chi connectivity index (χ3v) is 4.28. The third-order valence-electron chi connectivity index (χ3n) is 3.39. The molecule has 116 valence electrons. The molecule has 6 nitrogen and oxygen atoms in total. The van der Waals surface area contributed by atoms with Gasteiger partial charge in [-0.1, -0.05) is 17.7 Å². The molecule has 1 aliphatic heterocycles. The number of nitrogen functional groups attached to an aromatic ring is 1. The summed E-state index contributed by atoms with van der Waals surface area (Å²) in [7, 11) is 0. The van der Waals surface area contributed by atoms with Gasteiger partial charge >= 0.3 is 0 Å². The van der Waals surface area contributed by atoms with E-state index in [0.717, 1.165) is 5.56 Å². The van der Waals surface area contributed by atoms with Gasteiger partial charge in [0, 0.05) is 12.1 Å². The van der Waals surface area contributed by atoms with Crippen molar-refractivity contribution in [2.24, 2.45) is 0 Å². The van der Waals surface area contributed by atoms with Crippen LogP contribution < -0.4 is 10.6 Å². The van der Waals surface area contributed by atoms with E-state index in [-0.39, 0.29) is 16.9 Å². The molecule has 2 heterocycles. The Morgan fingerprint density at radius 2 is 2.23 bits per heavy atom. The van der Waals surface area contributed by atoms with Crippen LogP contribution in [0, 0.1) is 5.82 Å². The van der Waals surface area contributed by atoms with Gasteiger partial charge in [-0.25, -0.2) is 13.6 Å². The number of anilines is 3. The molecule has 22 heavy (non-hydrogen) atoms. The summed E-state index contributed by atoms with van der Waals surface area (Å²) in [6.07, 6.45) is 0.594. The molecule has 0 saturated carbocycles. The number of hydrogen-bond donors (Lipinski definition) is 2. The van der Waals surface area contributed by atoms with Crippen LogP contribution in [0.4, 0.5) is 21.8 Å². The van der Waals surface area contributed by atoms with Crippen LogP contribution >= 0.6 is 11.6 Å². The first kappa shape index (κ1) is 15.1. The first-order valence-corrected chi connectivity index (χ1v) is 8.06. The minimum Gasteiger partial charge on any atom is -0.368 e. The summed E-state index contributed by atoms with van der Waals surface area (Å²) < 4.78 is 34.0. The van der Waals surface area contributed by atoms with Crippen molar-refractivity contribution >= 4 is 40.1 Å². The molecule has 0 bridgehead atoms. The quantitative estimate of drug-likeness (QED) is 0.656. The van der Waals surface area contributed by atoms with Crippen molar-refractivity contribution in [3.8, 4) is 0 Å². The molecule has 0 fully saturated rings. The lowest BCUT2D eigenvalue weighted by Gasteiger charge is -2.19. The van der Waals surface area contributed by atoms with Gasteiger partial charge in [-0.3, -0.25) is 0 Å². The zero-order valence-electron chi connectivity index (χ0n) is 11.3. The molecule has 2 aromatic rings. The maximum Gasteiger partial charge on any atom is 0.223 e. The van der Waals surface area contributed by atoms with E-state index in [2.05, 4.69) is 9.97 Å². The van der Waals surface area contributed by atoms with Crippen molar-refractivity contribution in [3.63, 3.8) is 0 Å². The number of aromatic nitrogens is 2. The number of nitrogens with zero attached hydrogens (tertiary/aromatic N) is 3. The number of benzene rings is 1. The number of halogens is 2. The fraction of sp³-hybridized carbons (Fsp3) is 0.231. The molecule has 1 aromatic heterocycles. The average molecular weight is 343 g/mol. The van der Waals surface area contributed by atoms with Gasteiger partial charge in [0.05, 0.1) is 11.4 Å². The lowest BCUT2D eigenvalue weighted by Crippen LogP contribution is -2.16. The van der Waals surface area contributed by atoms with Gasteiger partial charge in [0.2, 0.25) is 5.95 Å². The number of fused-ring (bicyclic) bond motifs is 1. The normalized spacial score (nSPS) is 15.0. The third kappa shape index (κ3) is 2.77. The van der Waals surface area contributed by atoms with Crippen molar-refractivity contribution < 1.29 is 13.2 Å². The molecule has 0 spiro atoms. The molecule has 1 aromatic carbocycles. The van der Waals surface area contributed by atoms with Crippen molar-refractivity contribution in [2.45, 2.75) is 12.2 Å². The van der Waals surface area contributed by atoms with Crippen LogP contribution in [0.2, 0.25) is 5.15 Å². The molecule has 3 rings (SSSR count). The van der Waals surface area contributed by atoms with Crippen molar-refractivity contribution in [1.82, 2.24) is 9.97 Å². The van der Waals surface area contributed by atoms with E-state index in [9.17, 15) is 8.60 Å². The first-order chi connectivity index (χ1) is 10.5. The second kappa shape index (κ2) is 5.79. The van der Waals surface area contributed by atoms with Crippen LogP contribution in [0.3, 0.4) is 0 Å². The molecule has 9 heteroatoms.